The van der Waals surface area contributed by atoms with E-state index < -0.39 is 0 Å². The summed E-state index contributed by atoms with van der Waals surface area (Å²) in [7, 11) is 0. The first kappa shape index (κ1) is 10.8. The summed E-state index contributed by atoms with van der Waals surface area (Å²) in [6, 6.07) is 6.64. The first-order chi connectivity index (χ1) is 7.83. The number of fused-ring (bicyclic) bond motifs is 1. The Balaban J connectivity index is 1.68. The van der Waals surface area contributed by atoms with Crippen molar-refractivity contribution < 1.29 is 0 Å². The lowest BCUT2D eigenvalue weighted by Crippen LogP contribution is -2.26. The maximum absolute atomic E-state index is 3.67. The number of benzene rings is 1. The highest BCUT2D eigenvalue weighted by Gasteiger charge is 2.25. The normalized spacial score (nSPS) is 24.9. The summed E-state index contributed by atoms with van der Waals surface area (Å²) in [6.07, 6.45) is 5.37. The van der Waals surface area contributed by atoms with Crippen molar-refractivity contribution in [1.82, 2.24) is 4.90 Å². The zero-order valence-electron chi connectivity index (χ0n) is 9.58. The average Bonchev–Trinajstić information content (AvgIpc) is 2.88. The number of hydrogen-bond donors (Lipinski definition) is 0. The van der Waals surface area contributed by atoms with E-state index in [9.17, 15) is 0 Å². The molecule has 1 aliphatic carbocycles. The SMILES string of the molecule is Brc1cccc2c1CC(CN1CCCC1)C2. The number of hydrogen-bond acceptors (Lipinski definition) is 1. The Hall–Kier alpha value is -0.340. The van der Waals surface area contributed by atoms with Gasteiger partial charge in [0.25, 0.3) is 0 Å². The van der Waals surface area contributed by atoms with Crippen LogP contribution in [0.15, 0.2) is 22.7 Å². The van der Waals surface area contributed by atoms with Crippen LogP contribution in [0.25, 0.3) is 0 Å². The summed E-state index contributed by atoms with van der Waals surface area (Å²) in [5.74, 6) is 0.854. The lowest BCUT2D eigenvalue weighted by molar-refractivity contribution is 0.282. The molecule has 1 nitrogen and oxygen atoms in total. The highest BCUT2D eigenvalue weighted by molar-refractivity contribution is 9.10. The van der Waals surface area contributed by atoms with Crippen LogP contribution >= 0.6 is 15.9 Å². The fraction of sp³-hybridized carbons (Fsp3) is 0.571. The van der Waals surface area contributed by atoms with Crippen LogP contribution in [0, 0.1) is 5.92 Å². The molecule has 2 aliphatic rings. The number of likely N-dealkylation sites (tertiary alicyclic amines) is 1. The van der Waals surface area contributed by atoms with Gasteiger partial charge in [-0.25, -0.2) is 0 Å². The minimum absolute atomic E-state index is 0.854. The fourth-order valence-electron chi connectivity index (χ4n) is 3.15. The van der Waals surface area contributed by atoms with Crippen LogP contribution in [0.2, 0.25) is 0 Å². The number of nitrogens with zero attached hydrogens (tertiary/aromatic N) is 1. The Morgan fingerprint density at radius 1 is 1.19 bits per heavy atom. The predicted molar refractivity (Wildman–Crippen MR) is 70.7 cm³/mol. The molecule has 86 valence electrons. The van der Waals surface area contributed by atoms with E-state index in [4.69, 9.17) is 0 Å². The third-order valence-corrected chi connectivity index (χ3v) is 4.68. The molecule has 0 saturated carbocycles. The third kappa shape index (κ3) is 2.05. The monoisotopic (exact) mass is 279 g/mol. The van der Waals surface area contributed by atoms with Crippen LogP contribution < -0.4 is 0 Å². The fourth-order valence-corrected chi connectivity index (χ4v) is 3.72. The van der Waals surface area contributed by atoms with E-state index in [-0.39, 0.29) is 0 Å². The molecule has 2 heteroatoms. The molecule has 0 amide bonds. The zero-order chi connectivity index (χ0) is 11.0. The molecule has 0 spiro atoms. The molecular weight excluding hydrogens is 262 g/mol. The van der Waals surface area contributed by atoms with Crippen molar-refractivity contribution in [3.63, 3.8) is 0 Å². The molecule has 0 N–H and O–H groups in total. The standard InChI is InChI=1S/C14H18BrN/c15-14-5-3-4-12-8-11(9-13(12)14)10-16-6-1-2-7-16/h3-5,11H,1-2,6-10H2. The lowest BCUT2D eigenvalue weighted by Gasteiger charge is -2.19. The number of rotatable bonds is 2. The minimum Gasteiger partial charge on any atom is -0.303 e. The van der Waals surface area contributed by atoms with Gasteiger partial charge in [-0.15, -0.1) is 0 Å². The van der Waals surface area contributed by atoms with Crippen molar-refractivity contribution in [3.8, 4) is 0 Å². The Labute approximate surface area is 106 Å². The number of halogens is 1. The molecule has 0 aromatic heterocycles. The second-order valence-electron chi connectivity index (χ2n) is 5.16. The first-order valence-electron chi connectivity index (χ1n) is 6.31. The highest BCUT2D eigenvalue weighted by Crippen LogP contribution is 2.33. The maximum Gasteiger partial charge on any atom is 0.0210 e. The van der Waals surface area contributed by atoms with E-state index in [1.54, 1.807) is 11.1 Å². The summed E-state index contributed by atoms with van der Waals surface area (Å²) < 4.78 is 1.31. The summed E-state index contributed by atoms with van der Waals surface area (Å²) >= 11 is 3.67. The van der Waals surface area contributed by atoms with Gasteiger partial charge in [0, 0.05) is 11.0 Å². The van der Waals surface area contributed by atoms with Crippen molar-refractivity contribution in [2.45, 2.75) is 25.7 Å². The van der Waals surface area contributed by atoms with Gasteiger partial charge < -0.3 is 4.90 Å². The van der Waals surface area contributed by atoms with Crippen LogP contribution in [0.1, 0.15) is 24.0 Å². The van der Waals surface area contributed by atoms with Gasteiger partial charge in [-0.3, -0.25) is 0 Å². The average molecular weight is 280 g/mol. The van der Waals surface area contributed by atoms with Crippen molar-refractivity contribution in [2.24, 2.45) is 5.92 Å². The van der Waals surface area contributed by atoms with Crippen molar-refractivity contribution in [1.29, 1.82) is 0 Å². The molecular formula is C14H18BrN. The predicted octanol–water partition coefficient (Wildman–Crippen LogP) is 3.26. The largest absolute Gasteiger partial charge is 0.303 e. The molecule has 0 radical (unpaired) electrons. The molecule has 3 rings (SSSR count). The minimum atomic E-state index is 0.854. The van der Waals surface area contributed by atoms with E-state index in [0.29, 0.717) is 0 Å². The smallest absolute Gasteiger partial charge is 0.0210 e. The molecule has 1 aliphatic heterocycles. The van der Waals surface area contributed by atoms with Crippen LogP contribution in [-0.2, 0) is 12.8 Å². The second-order valence-corrected chi connectivity index (χ2v) is 6.01. The Kier molecular flexibility index (Phi) is 3.03. The highest BCUT2D eigenvalue weighted by atomic mass is 79.9. The van der Waals surface area contributed by atoms with Crippen molar-refractivity contribution >= 4 is 15.9 Å². The molecule has 1 heterocycles. The summed E-state index contributed by atoms with van der Waals surface area (Å²) in [5, 5.41) is 0. The molecule has 1 unspecified atom stereocenters. The van der Waals surface area contributed by atoms with Crippen LogP contribution in [0.5, 0.6) is 0 Å². The van der Waals surface area contributed by atoms with E-state index in [1.807, 2.05) is 0 Å². The Morgan fingerprint density at radius 3 is 2.75 bits per heavy atom. The zero-order valence-corrected chi connectivity index (χ0v) is 11.2. The Morgan fingerprint density at radius 2 is 2.00 bits per heavy atom. The van der Waals surface area contributed by atoms with E-state index >= 15 is 0 Å². The van der Waals surface area contributed by atoms with Gasteiger partial charge in [0.15, 0.2) is 0 Å². The van der Waals surface area contributed by atoms with Gasteiger partial charge in [0.05, 0.1) is 0 Å². The van der Waals surface area contributed by atoms with E-state index in [1.165, 1.54) is 49.8 Å². The van der Waals surface area contributed by atoms with Crippen molar-refractivity contribution in [2.75, 3.05) is 19.6 Å². The summed E-state index contributed by atoms with van der Waals surface area (Å²) in [6.45, 7) is 3.96. The lowest BCUT2D eigenvalue weighted by atomic mass is 10.1. The van der Waals surface area contributed by atoms with Gasteiger partial charge in [-0.05, 0) is 61.9 Å². The van der Waals surface area contributed by atoms with Gasteiger partial charge in [0.2, 0.25) is 0 Å². The Bertz CT molecular complexity index is 382. The first-order valence-corrected chi connectivity index (χ1v) is 7.11. The molecule has 1 saturated heterocycles. The molecule has 1 aromatic carbocycles. The molecule has 1 aromatic rings. The van der Waals surface area contributed by atoms with Crippen LogP contribution in [0.4, 0.5) is 0 Å². The third-order valence-electron chi connectivity index (χ3n) is 3.93. The van der Waals surface area contributed by atoms with Gasteiger partial charge in [-0.2, -0.15) is 0 Å². The quantitative estimate of drug-likeness (QED) is 0.803. The summed E-state index contributed by atoms with van der Waals surface area (Å²) in [4.78, 5) is 2.64. The van der Waals surface area contributed by atoms with E-state index in [0.717, 1.165) is 5.92 Å². The van der Waals surface area contributed by atoms with Gasteiger partial charge in [0.1, 0.15) is 0 Å². The maximum atomic E-state index is 3.67. The molecule has 16 heavy (non-hydrogen) atoms. The summed E-state index contributed by atoms with van der Waals surface area (Å²) in [5.41, 5.74) is 3.13. The van der Waals surface area contributed by atoms with Gasteiger partial charge in [-0.1, -0.05) is 28.1 Å². The van der Waals surface area contributed by atoms with Crippen LogP contribution in [0.3, 0.4) is 0 Å². The molecule has 0 bridgehead atoms. The van der Waals surface area contributed by atoms with E-state index in [2.05, 4.69) is 39.0 Å². The molecule has 1 fully saturated rings. The molecule has 1 atom stereocenters. The van der Waals surface area contributed by atoms with Crippen LogP contribution in [-0.4, -0.2) is 24.5 Å². The topological polar surface area (TPSA) is 3.24 Å². The second kappa shape index (κ2) is 4.50. The van der Waals surface area contributed by atoms with Gasteiger partial charge >= 0.3 is 0 Å². The van der Waals surface area contributed by atoms with Crippen molar-refractivity contribution in [3.05, 3.63) is 33.8 Å².